The minimum Gasteiger partial charge on any atom is -0.324 e. The summed E-state index contributed by atoms with van der Waals surface area (Å²) in [6.07, 6.45) is 2.02. The lowest BCUT2D eigenvalue weighted by Crippen LogP contribution is -2.09. The van der Waals surface area contributed by atoms with Crippen molar-refractivity contribution in [3.05, 3.63) is 33.8 Å². The summed E-state index contributed by atoms with van der Waals surface area (Å²) in [5, 5.41) is 1.29. The van der Waals surface area contributed by atoms with Crippen LogP contribution < -0.4 is 5.73 Å². The molecule has 0 spiro atoms. The quantitative estimate of drug-likeness (QED) is 0.820. The van der Waals surface area contributed by atoms with Gasteiger partial charge in [0.2, 0.25) is 0 Å². The van der Waals surface area contributed by atoms with Crippen molar-refractivity contribution in [2.75, 3.05) is 0 Å². The van der Waals surface area contributed by atoms with Crippen molar-refractivity contribution < 1.29 is 0 Å². The molecular formula is C10H13Cl2N. The van der Waals surface area contributed by atoms with Crippen LogP contribution in [-0.2, 0) is 0 Å². The highest BCUT2D eigenvalue weighted by atomic mass is 35.5. The fourth-order valence-electron chi connectivity index (χ4n) is 1.27. The van der Waals surface area contributed by atoms with E-state index < -0.39 is 0 Å². The SMILES string of the molecule is CCCC(N)c1cc(Cl)cc(Cl)c1. The zero-order valence-corrected chi connectivity index (χ0v) is 9.07. The highest BCUT2D eigenvalue weighted by Gasteiger charge is 2.06. The van der Waals surface area contributed by atoms with Crippen molar-refractivity contribution in [3.8, 4) is 0 Å². The number of benzene rings is 1. The van der Waals surface area contributed by atoms with E-state index in [1.54, 1.807) is 6.07 Å². The van der Waals surface area contributed by atoms with E-state index in [-0.39, 0.29) is 6.04 Å². The van der Waals surface area contributed by atoms with Gasteiger partial charge < -0.3 is 5.73 Å². The predicted molar refractivity (Wildman–Crippen MR) is 58.3 cm³/mol. The van der Waals surface area contributed by atoms with Crippen LogP contribution in [0.1, 0.15) is 31.4 Å². The van der Waals surface area contributed by atoms with Crippen LogP contribution in [-0.4, -0.2) is 0 Å². The molecule has 0 saturated carbocycles. The second kappa shape index (κ2) is 4.85. The summed E-state index contributed by atoms with van der Waals surface area (Å²) in [5.41, 5.74) is 6.94. The first-order valence-corrected chi connectivity index (χ1v) is 5.10. The molecule has 0 radical (unpaired) electrons. The Hall–Kier alpha value is -0.240. The molecule has 0 aliphatic heterocycles. The first-order chi connectivity index (χ1) is 6.13. The molecule has 2 N–H and O–H groups in total. The van der Waals surface area contributed by atoms with Crippen LogP contribution in [0.4, 0.5) is 0 Å². The summed E-state index contributed by atoms with van der Waals surface area (Å²) in [5.74, 6) is 0. The molecule has 0 aliphatic carbocycles. The average Bonchev–Trinajstić information content (AvgIpc) is 2.03. The Morgan fingerprint density at radius 2 is 1.77 bits per heavy atom. The molecule has 1 unspecified atom stereocenters. The number of hydrogen-bond acceptors (Lipinski definition) is 1. The molecule has 13 heavy (non-hydrogen) atoms. The normalized spacial score (nSPS) is 12.9. The van der Waals surface area contributed by atoms with Gasteiger partial charge in [-0.3, -0.25) is 0 Å². The molecule has 0 saturated heterocycles. The lowest BCUT2D eigenvalue weighted by atomic mass is 10.0. The molecule has 1 atom stereocenters. The number of rotatable bonds is 3. The third-order valence-corrected chi connectivity index (χ3v) is 2.35. The molecule has 0 amide bonds. The molecule has 72 valence electrons. The number of hydrogen-bond donors (Lipinski definition) is 1. The standard InChI is InChI=1S/C10H13Cl2N/c1-2-3-10(13)7-4-8(11)6-9(12)5-7/h4-6,10H,2-3,13H2,1H3. The maximum atomic E-state index is 5.93. The van der Waals surface area contributed by atoms with Crippen molar-refractivity contribution in [2.45, 2.75) is 25.8 Å². The van der Waals surface area contributed by atoms with E-state index in [0.717, 1.165) is 18.4 Å². The van der Waals surface area contributed by atoms with Gasteiger partial charge in [0.15, 0.2) is 0 Å². The van der Waals surface area contributed by atoms with Crippen molar-refractivity contribution >= 4 is 23.2 Å². The number of nitrogens with two attached hydrogens (primary N) is 1. The van der Waals surface area contributed by atoms with E-state index in [2.05, 4.69) is 6.92 Å². The van der Waals surface area contributed by atoms with Crippen LogP contribution in [0, 0.1) is 0 Å². The van der Waals surface area contributed by atoms with Gasteiger partial charge in [-0.1, -0.05) is 36.5 Å². The van der Waals surface area contributed by atoms with E-state index in [4.69, 9.17) is 28.9 Å². The van der Waals surface area contributed by atoms with E-state index in [1.165, 1.54) is 0 Å². The fraction of sp³-hybridized carbons (Fsp3) is 0.400. The molecule has 0 bridgehead atoms. The Labute approximate surface area is 88.8 Å². The Balaban J connectivity index is 2.87. The molecule has 1 aromatic carbocycles. The minimum atomic E-state index is 0.0428. The van der Waals surface area contributed by atoms with Gasteiger partial charge in [0.25, 0.3) is 0 Å². The van der Waals surface area contributed by atoms with Crippen LogP contribution in [0.15, 0.2) is 18.2 Å². The summed E-state index contributed by atoms with van der Waals surface area (Å²) >= 11 is 11.7. The molecule has 0 fully saturated rings. The summed E-state index contributed by atoms with van der Waals surface area (Å²) in [4.78, 5) is 0. The van der Waals surface area contributed by atoms with Crippen molar-refractivity contribution in [3.63, 3.8) is 0 Å². The largest absolute Gasteiger partial charge is 0.324 e. The van der Waals surface area contributed by atoms with Crippen LogP contribution >= 0.6 is 23.2 Å². The summed E-state index contributed by atoms with van der Waals surface area (Å²) in [6.45, 7) is 2.10. The van der Waals surface area contributed by atoms with Gasteiger partial charge in [0.1, 0.15) is 0 Å². The molecule has 3 heteroatoms. The Morgan fingerprint density at radius 3 is 2.23 bits per heavy atom. The Bertz CT molecular complexity index is 266. The molecule has 1 aromatic rings. The molecular weight excluding hydrogens is 205 g/mol. The molecule has 0 aliphatic rings. The highest BCUT2D eigenvalue weighted by Crippen LogP contribution is 2.24. The van der Waals surface area contributed by atoms with E-state index in [9.17, 15) is 0 Å². The maximum Gasteiger partial charge on any atom is 0.0424 e. The second-order valence-corrected chi connectivity index (χ2v) is 3.97. The Morgan fingerprint density at radius 1 is 1.23 bits per heavy atom. The summed E-state index contributed by atoms with van der Waals surface area (Å²) in [7, 11) is 0. The smallest absolute Gasteiger partial charge is 0.0424 e. The summed E-state index contributed by atoms with van der Waals surface area (Å²) < 4.78 is 0. The van der Waals surface area contributed by atoms with Crippen LogP contribution in [0.2, 0.25) is 10.0 Å². The monoisotopic (exact) mass is 217 g/mol. The Kier molecular flexibility index (Phi) is 4.04. The van der Waals surface area contributed by atoms with E-state index in [0.29, 0.717) is 10.0 Å². The average molecular weight is 218 g/mol. The summed E-state index contributed by atoms with van der Waals surface area (Å²) in [6, 6.07) is 5.49. The van der Waals surface area contributed by atoms with E-state index >= 15 is 0 Å². The van der Waals surface area contributed by atoms with Gasteiger partial charge in [0.05, 0.1) is 0 Å². The zero-order chi connectivity index (χ0) is 9.84. The van der Waals surface area contributed by atoms with Gasteiger partial charge in [-0.2, -0.15) is 0 Å². The van der Waals surface area contributed by atoms with Gasteiger partial charge in [0, 0.05) is 16.1 Å². The lowest BCUT2D eigenvalue weighted by Gasteiger charge is -2.11. The third-order valence-electron chi connectivity index (χ3n) is 1.91. The molecule has 1 nitrogen and oxygen atoms in total. The predicted octanol–water partition coefficient (Wildman–Crippen LogP) is 3.79. The van der Waals surface area contributed by atoms with Gasteiger partial charge in [-0.05, 0) is 30.2 Å². The first kappa shape index (κ1) is 10.8. The highest BCUT2D eigenvalue weighted by molar-refractivity contribution is 6.34. The van der Waals surface area contributed by atoms with Crippen molar-refractivity contribution in [1.82, 2.24) is 0 Å². The maximum absolute atomic E-state index is 5.93. The van der Waals surface area contributed by atoms with Crippen molar-refractivity contribution in [2.24, 2.45) is 5.73 Å². The lowest BCUT2D eigenvalue weighted by molar-refractivity contribution is 0.638. The molecule has 0 heterocycles. The molecule has 1 rings (SSSR count). The van der Waals surface area contributed by atoms with E-state index in [1.807, 2.05) is 12.1 Å². The van der Waals surface area contributed by atoms with Gasteiger partial charge >= 0.3 is 0 Å². The fourth-order valence-corrected chi connectivity index (χ4v) is 1.81. The van der Waals surface area contributed by atoms with Gasteiger partial charge in [-0.25, -0.2) is 0 Å². The molecule has 0 aromatic heterocycles. The van der Waals surface area contributed by atoms with Crippen LogP contribution in [0.3, 0.4) is 0 Å². The van der Waals surface area contributed by atoms with Crippen LogP contribution in [0.25, 0.3) is 0 Å². The second-order valence-electron chi connectivity index (χ2n) is 3.10. The minimum absolute atomic E-state index is 0.0428. The third kappa shape index (κ3) is 3.18. The number of halogens is 2. The topological polar surface area (TPSA) is 26.0 Å². The zero-order valence-electron chi connectivity index (χ0n) is 7.56. The van der Waals surface area contributed by atoms with Crippen LogP contribution in [0.5, 0.6) is 0 Å². The first-order valence-electron chi connectivity index (χ1n) is 4.35. The van der Waals surface area contributed by atoms with Crippen molar-refractivity contribution in [1.29, 1.82) is 0 Å². The van der Waals surface area contributed by atoms with Gasteiger partial charge in [-0.15, -0.1) is 0 Å².